The van der Waals surface area contributed by atoms with Crippen molar-refractivity contribution in [1.29, 1.82) is 0 Å². The Balaban J connectivity index is 2.40. The Hall–Kier alpha value is -0.520. The maximum Gasteiger partial charge on any atom is 0.176 e. The van der Waals surface area contributed by atoms with Crippen LogP contribution in [0.5, 0.6) is 0 Å². The topological polar surface area (TPSA) is 46.2 Å². The molecule has 0 radical (unpaired) electrons. The van der Waals surface area contributed by atoms with E-state index >= 15 is 0 Å². The SMILES string of the molecule is CSc1cc(C2CCCN2)ccc1S(C)(=O)=O. The molecule has 1 unspecified atom stereocenters. The lowest BCUT2D eigenvalue weighted by Gasteiger charge is -2.13. The average Bonchev–Trinajstić information content (AvgIpc) is 2.80. The molecule has 3 nitrogen and oxygen atoms in total. The number of thioether (sulfide) groups is 1. The van der Waals surface area contributed by atoms with E-state index in [-0.39, 0.29) is 0 Å². The molecule has 1 aliphatic heterocycles. The average molecular weight is 271 g/mol. The van der Waals surface area contributed by atoms with Gasteiger partial charge in [0, 0.05) is 17.2 Å². The lowest BCUT2D eigenvalue weighted by Crippen LogP contribution is -2.13. The van der Waals surface area contributed by atoms with Gasteiger partial charge in [0.05, 0.1) is 4.90 Å². The van der Waals surface area contributed by atoms with Crippen LogP contribution in [0.2, 0.25) is 0 Å². The van der Waals surface area contributed by atoms with Crippen molar-refractivity contribution in [3.8, 4) is 0 Å². The van der Waals surface area contributed by atoms with Gasteiger partial charge >= 0.3 is 0 Å². The fourth-order valence-electron chi connectivity index (χ4n) is 2.18. The molecule has 0 aliphatic carbocycles. The lowest BCUT2D eigenvalue weighted by atomic mass is 10.1. The Kier molecular flexibility index (Phi) is 3.80. The quantitative estimate of drug-likeness (QED) is 0.856. The van der Waals surface area contributed by atoms with Gasteiger partial charge in [-0.2, -0.15) is 0 Å². The van der Waals surface area contributed by atoms with E-state index in [0.717, 1.165) is 17.9 Å². The second-order valence-electron chi connectivity index (χ2n) is 4.33. The molecule has 0 spiro atoms. The van der Waals surface area contributed by atoms with Gasteiger partial charge < -0.3 is 5.32 Å². The summed E-state index contributed by atoms with van der Waals surface area (Å²) in [5.74, 6) is 0. The molecule has 0 aromatic heterocycles. The van der Waals surface area contributed by atoms with E-state index in [4.69, 9.17) is 0 Å². The van der Waals surface area contributed by atoms with Crippen LogP contribution in [0.4, 0.5) is 0 Å². The number of sulfone groups is 1. The van der Waals surface area contributed by atoms with Crippen molar-refractivity contribution in [2.75, 3.05) is 19.1 Å². The minimum absolute atomic E-state index is 0.384. The van der Waals surface area contributed by atoms with Crippen molar-refractivity contribution in [3.63, 3.8) is 0 Å². The van der Waals surface area contributed by atoms with Crippen LogP contribution in [0, 0.1) is 0 Å². The molecule has 1 aromatic rings. The fraction of sp³-hybridized carbons (Fsp3) is 0.500. The van der Waals surface area contributed by atoms with Crippen LogP contribution in [-0.4, -0.2) is 27.5 Å². The van der Waals surface area contributed by atoms with Crippen LogP contribution in [-0.2, 0) is 9.84 Å². The zero-order chi connectivity index (χ0) is 12.5. The number of rotatable bonds is 3. The predicted octanol–water partition coefficient (Wildman–Crippen LogP) is 2.24. The van der Waals surface area contributed by atoms with Gasteiger partial charge in [-0.3, -0.25) is 0 Å². The molecule has 1 aromatic carbocycles. The highest BCUT2D eigenvalue weighted by Crippen LogP contribution is 2.30. The van der Waals surface area contributed by atoms with E-state index in [1.807, 2.05) is 18.4 Å². The summed E-state index contributed by atoms with van der Waals surface area (Å²) in [5, 5.41) is 3.42. The predicted molar refractivity (Wildman–Crippen MR) is 71.3 cm³/mol. The van der Waals surface area contributed by atoms with E-state index in [1.54, 1.807) is 6.07 Å². The molecule has 94 valence electrons. The summed E-state index contributed by atoms with van der Waals surface area (Å²) in [6.07, 6.45) is 5.49. The summed E-state index contributed by atoms with van der Waals surface area (Å²) in [6, 6.07) is 6.05. The molecule has 1 aliphatic rings. The maximum atomic E-state index is 11.6. The molecule has 2 rings (SSSR count). The summed E-state index contributed by atoms with van der Waals surface area (Å²) < 4.78 is 23.2. The third-order valence-corrected chi connectivity index (χ3v) is 5.11. The summed E-state index contributed by atoms with van der Waals surface area (Å²) in [6.45, 7) is 1.05. The van der Waals surface area contributed by atoms with Crippen LogP contribution in [0.25, 0.3) is 0 Å². The third kappa shape index (κ3) is 2.84. The summed E-state index contributed by atoms with van der Waals surface area (Å²) >= 11 is 1.49. The Morgan fingerprint density at radius 2 is 2.18 bits per heavy atom. The normalized spacial score (nSPS) is 20.7. The second kappa shape index (κ2) is 5.00. The van der Waals surface area contributed by atoms with Gasteiger partial charge in [-0.15, -0.1) is 11.8 Å². The van der Waals surface area contributed by atoms with Crippen molar-refractivity contribution < 1.29 is 8.42 Å². The standard InChI is InChI=1S/C12H17NO2S2/c1-16-11-8-9(10-4-3-7-13-10)5-6-12(11)17(2,14)15/h5-6,8,10,13H,3-4,7H2,1-2H3. The molecular formula is C12H17NO2S2. The molecule has 0 saturated carbocycles. The van der Waals surface area contributed by atoms with Gasteiger partial charge in [-0.25, -0.2) is 8.42 Å². The molecule has 1 N–H and O–H groups in total. The highest BCUT2D eigenvalue weighted by molar-refractivity contribution is 7.99. The number of hydrogen-bond donors (Lipinski definition) is 1. The smallest absolute Gasteiger partial charge is 0.176 e. The van der Waals surface area contributed by atoms with Crippen molar-refractivity contribution in [2.24, 2.45) is 0 Å². The van der Waals surface area contributed by atoms with Crippen LogP contribution in [0.15, 0.2) is 28.0 Å². The first-order valence-electron chi connectivity index (χ1n) is 5.64. The monoisotopic (exact) mass is 271 g/mol. The van der Waals surface area contributed by atoms with Gasteiger partial charge in [-0.05, 0) is 43.3 Å². The van der Waals surface area contributed by atoms with Crippen LogP contribution < -0.4 is 5.32 Å². The van der Waals surface area contributed by atoms with E-state index in [2.05, 4.69) is 5.32 Å². The third-order valence-electron chi connectivity index (χ3n) is 3.05. The number of nitrogens with one attached hydrogen (secondary N) is 1. The fourth-order valence-corrected chi connectivity index (χ4v) is 4.14. The van der Waals surface area contributed by atoms with Crippen molar-refractivity contribution >= 4 is 21.6 Å². The molecule has 1 saturated heterocycles. The van der Waals surface area contributed by atoms with Crippen molar-refractivity contribution in [3.05, 3.63) is 23.8 Å². The Labute approximate surface area is 107 Å². The van der Waals surface area contributed by atoms with E-state index in [1.165, 1.54) is 30.0 Å². The molecule has 0 amide bonds. The van der Waals surface area contributed by atoms with Gasteiger partial charge in [0.15, 0.2) is 9.84 Å². The Bertz CT molecular complexity index is 505. The lowest BCUT2D eigenvalue weighted by molar-refractivity contribution is 0.599. The first-order valence-corrected chi connectivity index (χ1v) is 8.75. The Morgan fingerprint density at radius 3 is 2.71 bits per heavy atom. The first kappa shape index (κ1) is 12.9. The van der Waals surface area contributed by atoms with E-state index in [9.17, 15) is 8.42 Å². The van der Waals surface area contributed by atoms with Gasteiger partial charge in [-0.1, -0.05) is 6.07 Å². The highest BCUT2D eigenvalue weighted by Gasteiger charge is 2.19. The van der Waals surface area contributed by atoms with Crippen LogP contribution in [0.1, 0.15) is 24.4 Å². The minimum Gasteiger partial charge on any atom is -0.310 e. The first-order chi connectivity index (χ1) is 8.02. The highest BCUT2D eigenvalue weighted by atomic mass is 32.2. The number of hydrogen-bond acceptors (Lipinski definition) is 4. The largest absolute Gasteiger partial charge is 0.310 e. The van der Waals surface area contributed by atoms with E-state index in [0.29, 0.717) is 10.9 Å². The molecule has 0 bridgehead atoms. The van der Waals surface area contributed by atoms with Crippen LogP contribution >= 0.6 is 11.8 Å². The zero-order valence-electron chi connectivity index (χ0n) is 10.1. The van der Waals surface area contributed by atoms with Gasteiger partial charge in [0.1, 0.15) is 0 Å². The van der Waals surface area contributed by atoms with E-state index < -0.39 is 9.84 Å². The van der Waals surface area contributed by atoms with Crippen LogP contribution in [0.3, 0.4) is 0 Å². The maximum absolute atomic E-state index is 11.6. The van der Waals surface area contributed by atoms with Gasteiger partial charge in [0.2, 0.25) is 0 Å². The minimum atomic E-state index is -3.13. The van der Waals surface area contributed by atoms with Crippen molar-refractivity contribution in [2.45, 2.75) is 28.7 Å². The number of benzene rings is 1. The summed E-state index contributed by atoms with van der Waals surface area (Å²) in [4.78, 5) is 1.28. The zero-order valence-corrected chi connectivity index (χ0v) is 11.7. The second-order valence-corrected chi connectivity index (χ2v) is 7.16. The molecule has 17 heavy (non-hydrogen) atoms. The summed E-state index contributed by atoms with van der Waals surface area (Å²) in [7, 11) is -3.13. The van der Waals surface area contributed by atoms with Crippen molar-refractivity contribution in [1.82, 2.24) is 5.32 Å². The molecular weight excluding hydrogens is 254 g/mol. The molecule has 5 heteroatoms. The molecule has 1 heterocycles. The molecule has 1 atom stereocenters. The Morgan fingerprint density at radius 1 is 1.41 bits per heavy atom. The summed E-state index contributed by atoms with van der Waals surface area (Å²) in [5.41, 5.74) is 1.19. The molecule has 1 fully saturated rings. The van der Waals surface area contributed by atoms with Gasteiger partial charge in [0.25, 0.3) is 0 Å².